The third kappa shape index (κ3) is 4.97. The maximum absolute atomic E-state index is 12.1. The molecule has 1 heterocycles. The first-order valence-corrected chi connectivity index (χ1v) is 7.81. The van der Waals surface area contributed by atoms with Gasteiger partial charge in [-0.3, -0.25) is 15.0 Å². The molecule has 0 aromatic rings. The number of rotatable bonds is 4. The first kappa shape index (κ1) is 18.9. The van der Waals surface area contributed by atoms with Crippen LogP contribution < -0.4 is 16.0 Å². The number of carbonyl (C=O) groups is 2. The molecular formula is C15H27ClN4O2. The number of hydrogen-bond donors (Lipinski definition) is 3. The van der Waals surface area contributed by atoms with Gasteiger partial charge in [0.15, 0.2) is 0 Å². The van der Waals surface area contributed by atoms with Crippen LogP contribution in [0.2, 0.25) is 0 Å². The van der Waals surface area contributed by atoms with Crippen LogP contribution in [-0.2, 0) is 4.79 Å². The van der Waals surface area contributed by atoms with E-state index in [1.54, 1.807) is 6.08 Å². The number of hydrogen-bond acceptors (Lipinski definition) is 4. The lowest BCUT2D eigenvalue weighted by Gasteiger charge is -2.49. The molecule has 1 aliphatic heterocycles. The second kappa shape index (κ2) is 9.12. The molecule has 6 nitrogen and oxygen atoms in total. The van der Waals surface area contributed by atoms with E-state index in [1.165, 1.54) is 19.3 Å². The Bertz CT molecular complexity index is 389. The van der Waals surface area contributed by atoms with E-state index < -0.39 is 6.03 Å². The van der Waals surface area contributed by atoms with Gasteiger partial charge in [0.1, 0.15) is 0 Å². The maximum Gasteiger partial charge on any atom is 0.321 e. The van der Waals surface area contributed by atoms with Crippen molar-refractivity contribution in [3.05, 3.63) is 12.7 Å². The number of imide groups is 1. The van der Waals surface area contributed by atoms with Crippen molar-refractivity contribution in [2.45, 2.75) is 37.6 Å². The fourth-order valence-electron chi connectivity index (χ4n) is 3.38. The lowest BCUT2D eigenvalue weighted by atomic mass is 9.79. The second-order valence-corrected chi connectivity index (χ2v) is 5.93. The van der Waals surface area contributed by atoms with Crippen LogP contribution in [0.5, 0.6) is 0 Å². The zero-order chi connectivity index (χ0) is 15.1. The largest absolute Gasteiger partial charge is 0.334 e. The average molecular weight is 331 g/mol. The summed E-state index contributed by atoms with van der Waals surface area (Å²) in [6.45, 7) is 6.88. The standard InChI is InChI=1S/C15H26N4O2.ClH/c1-2-8-17-14(21)18-13(20)11-19-10-9-16-12-15(19)6-4-3-5-7-15;/h2,16H,1,3-12H2,(H2,17,18,20,21);1H. The molecule has 7 heteroatoms. The molecule has 2 fully saturated rings. The summed E-state index contributed by atoms with van der Waals surface area (Å²) in [7, 11) is 0. The Morgan fingerprint density at radius 3 is 2.68 bits per heavy atom. The van der Waals surface area contributed by atoms with Gasteiger partial charge in [-0.25, -0.2) is 4.79 Å². The summed E-state index contributed by atoms with van der Waals surface area (Å²) in [6, 6.07) is -0.451. The predicted molar refractivity (Wildman–Crippen MR) is 89.2 cm³/mol. The van der Waals surface area contributed by atoms with E-state index >= 15 is 0 Å². The van der Waals surface area contributed by atoms with Crippen molar-refractivity contribution in [2.75, 3.05) is 32.7 Å². The van der Waals surface area contributed by atoms with Crippen molar-refractivity contribution in [1.29, 1.82) is 0 Å². The third-order valence-corrected chi connectivity index (χ3v) is 4.46. The minimum atomic E-state index is -0.451. The summed E-state index contributed by atoms with van der Waals surface area (Å²) in [4.78, 5) is 25.8. The van der Waals surface area contributed by atoms with Gasteiger partial charge in [0, 0.05) is 31.7 Å². The molecule has 2 aliphatic rings. The maximum atomic E-state index is 12.1. The van der Waals surface area contributed by atoms with Crippen molar-refractivity contribution in [3.8, 4) is 0 Å². The van der Waals surface area contributed by atoms with Gasteiger partial charge in [-0.2, -0.15) is 0 Å². The van der Waals surface area contributed by atoms with Crippen LogP contribution in [0.25, 0.3) is 0 Å². The van der Waals surface area contributed by atoms with Crippen LogP contribution in [0.4, 0.5) is 4.79 Å². The molecule has 1 spiro atoms. The molecule has 126 valence electrons. The monoisotopic (exact) mass is 330 g/mol. The molecule has 1 aliphatic carbocycles. The average Bonchev–Trinajstić information content (AvgIpc) is 2.48. The van der Waals surface area contributed by atoms with E-state index in [0.717, 1.165) is 32.5 Å². The van der Waals surface area contributed by atoms with Gasteiger partial charge < -0.3 is 10.6 Å². The van der Waals surface area contributed by atoms with Gasteiger partial charge in [0.2, 0.25) is 5.91 Å². The van der Waals surface area contributed by atoms with Crippen molar-refractivity contribution in [2.24, 2.45) is 0 Å². The van der Waals surface area contributed by atoms with E-state index in [-0.39, 0.29) is 23.9 Å². The summed E-state index contributed by atoms with van der Waals surface area (Å²) in [5, 5.41) is 8.39. The van der Waals surface area contributed by atoms with Gasteiger partial charge in [0.05, 0.1) is 6.54 Å². The zero-order valence-corrected chi connectivity index (χ0v) is 13.8. The Hall–Kier alpha value is -1.11. The molecule has 0 aromatic carbocycles. The highest BCUT2D eigenvalue weighted by atomic mass is 35.5. The lowest BCUT2D eigenvalue weighted by Crippen LogP contribution is -2.63. The Morgan fingerprint density at radius 2 is 2.00 bits per heavy atom. The Morgan fingerprint density at radius 1 is 1.27 bits per heavy atom. The van der Waals surface area contributed by atoms with Crippen molar-refractivity contribution in [1.82, 2.24) is 20.9 Å². The minimum absolute atomic E-state index is 0. The van der Waals surface area contributed by atoms with E-state index in [4.69, 9.17) is 0 Å². The van der Waals surface area contributed by atoms with Crippen molar-refractivity contribution < 1.29 is 9.59 Å². The molecule has 3 amide bonds. The van der Waals surface area contributed by atoms with Crippen LogP contribution in [0.15, 0.2) is 12.7 Å². The van der Waals surface area contributed by atoms with Crippen LogP contribution in [-0.4, -0.2) is 55.1 Å². The van der Waals surface area contributed by atoms with Gasteiger partial charge in [-0.1, -0.05) is 25.3 Å². The van der Waals surface area contributed by atoms with Crippen LogP contribution in [0.1, 0.15) is 32.1 Å². The number of nitrogens with one attached hydrogen (secondary N) is 3. The highest BCUT2D eigenvalue weighted by molar-refractivity contribution is 5.95. The quantitative estimate of drug-likeness (QED) is 0.673. The fourth-order valence-corrected chi connectivity index (χ4v) is 3.38. The Balaban J connectivity index is 0.00000242. The zero-order valence-electron chi connectivity index (χ0n) is 13.0. The van der Waals surface area contributed by atoms with Crippen LogP contribution >= 0.6 is 12.4 Å². The van der Waals surface area contributed by atoms with Crippen LogP contribution in [0, 0.1) is 0 Å². The molecule has 0 radical (unpaired) electrons. The van der Waals surface area contributed by atoms with Gasteiger partial charge in [0.25, 0.3) is 0 Å². The van der Waals surface area contributed by atoms with E-state index in [1.807, 2.05) is 0 Å². The molecular weight excluding hydrogens is 304 g/mol. The second-order valence-electron chi connectivity index (χ2n) is 5.93. The molecule has 2 rings (SSSR count). The summed E-state index contributed by atoms with van der Waals surface area (Å²) in [5.41, 5.74) is 0.103. The van der Waals surface area contributed by atoms with E-state index in [0.29, 0.717) is 13.1 Å². The molecule has 0 bridgehead atoms. The first-order chi connectivity index (χ1) is 10.2. The number of urea groups is 1. The number of carbonyl (C=O) groups excluding carboxylic acids is 2. The SMILES string of the molecule is C=CCNC(=O)NC(=O)CN1CCNCC12CCCCC2.Cl. The number of piperazine rings is 1. The third-order valence-electron chi connectivity index (χ3n) is 4.46. The normalized spacial score (nSPS) is 20.7. The Kier molecular flexibility index (Phi) is 7.85. The molecule has 22 heavy (non-hydrogen) atoms. The van der Waals surface area contributed by atoms with Crippen LogP contribution in [0.3, 0.4) is 0 Å². The van der Waals surface area contributed by atoms with Crippen molar-refractivity contribution in [3.63, 3.8) is 0 Å². The summed E-state index contributed by atoms with van der Waals surface area (Å²) in [6.07, 6.45) is 7.58. The van der Waals surface area contributed by atoms with Gasteiger partial charge in [-0.15, -0.1) is 19.0 Å². The van der Waals surface area contributed by atoms with E-state index in [9.17, 15) is 9.59 Å². The van der Waals surface area contributed by atoms with Gasteiger partial charge >= 0.3 is 6.03 Å². The lowest BCUT2D eigenvalue weighted by molar-refractivity contribution is -0.123. The summed E-state index contributed by atoms with van der Waals surface area (Å²) >= 11 is 0. The molecule has 1 saturated carbocycles. The highest BCUT2D eigenvalue weighted by Crippen LogP contribution is 2.34. The molecule has 3 N–H and O–H groups in total. The predicted octanol–water partition coefficient (Wildman–Crippen LogP) is 1.03. The molecule has 0 atom stereocenters. The number of amides is 3. The van der Waals surface area contributed by atoms with Crippen molar-refractivity contribution >= 4 is 24.3 Å². The summed E-state index contributed by atoms with van der Waals surface area (Å²) in [5.74, 6) is -0.233. The number of nitrogens with zero attached hydrogens (tertiary/aromatic N) is 1. The number of halogens is 1. The van der Waals surface area contributed by atoms with E-state index in [2.05, 4.69) is 27.4 Å². The highest BCUT2D eigenvalue weighted by Gasteiger charge is 2.40. The topological polar surface area (TPSA) is 73.5 Å². The smallest absolute Gasteiger partial charge is 0.321 e. The summed E-state index contributed by atoms with van der Waals surface area (Å²) < 4.78 is 0. The molecule has 0 unspecified atom stereocenters. The minimum Gasteiger partial charge on any atom is -0.334 e. The van der Waals surface area contributed by atoms with Gasteiger partial charge in [-0.05, 0) is 12.8 Å². The molecule has 0 aromatic heterocycles. The first-order valence-electron chi connectivity index (χ1n) is 7.81. The fraction of sp³-hybridized carbons (Fsp3) is 0.733. The Labute approximate surface area is 138 Å². The molecule has 1 saturated heterocycles.